The topological polar surface area (TPSA) is 0 Å². The molecule has 0 aliphatic heterocycles. The van der Waals surface area contributed by atoms with Crippen molar-refractivity contribution in [2.24, 2.45) is 0 Å². The van der Waals surface area contributed by atoms with Crippen LogP contribution in [0.3, 0.4) is 0 Å². The minimum atomic E-state index is -0.0828. The fourth-order valence-electron chi connectivity index (χ4n) is 2.49. The zero-order valence-corrected chi connectivity index (χ0v) is 15.9. The summed E-state index contributed by atoms with van der Waals surface area (Å²) in [5.41, 5.74) is 5.14. The monoisotopic (exact) mass is 412 g/mol. The van der Waals surface area contributed by atoms with Gasteiger partial charge >= 0.3 is 0 Å². The first-order valence-electron chi connectivity index (χ1n) is 7.43. The number of halogens is 2. The van der Waals surface area contributed by atoms with Gasteiger partial charge in [-0.3, -0.25) is 0 Å². The quantitative estimate of drug-likeness (QED) is 0.380. The van der Waals surface area contributed by atoms with Crippen LogP contribution in [0.4, 0.5) is 0 Å². The van der Waals surface area contributed by atoms with E-state index in [4.69, 9.17) is 11.6 Å². The molecule has 0 heterocycles. The van der Waals surface area contributed by atoms with E-state index in [1.807, 2.05) is 0 Å². The number of benzene rings is 2. The molecule has 0 saturated heterocycles. The van der Waals surface area contributed by atoms with Crippen molar-refractivity contribution in [2.75, 3.05) is 0 Å². The van der Waals surface area contributed by atoms with Gasteiger partial charge in [-0.2, -0.15) is 0 Å². The third kappa shape index (κ3) is 4.01. The molecule has 0 amide bonds. The molecule has 0 aliphatic rings. The second kappa shape index (κ2) is 7.15. The molecule has 2 heteroatoms. The van der Waals surface area contributed by atoms with Gasteiger partial charge in [0, 0.05) is 3.57 Å². The molecule has 0 fully saturated rings. The Kier molecular flexibility index (Phi) is 5.73. The summed E-state index contributed by atoms with van der Waals surface area (Å²) in [7, 11) is 0. The predicted molar refractivity (Wildman–Crippen MR) is 101 cm³/mol. The van der Waals surface area contributed by atoms with Gasteiger partial charge in [0.25, 0.3) is 0 Å². The zero-order chi connectivity index (χ0) is 15.6. The average molecular weight is 413 g/mol. The molecule has 2 aromatic carbocycles. The standard InChI is InChI=1S/C19H22ClI/c1-12(2)15-7-10-17(18(11-15)13(3)4)19(20)14-5-8-16(21)9-6-14/h5-13,19H,1-4H3. The van der Waals surface area contributed by atoms with Crippen molar-refractivity contribution in [1.82, 2.24) is 0 Å². The van der Waals surface area contributed by atoms with Crippen molar-refractivity contribution in [3.63, 3.8) is 0 Å². The molecule has 0 aliphatic carbocycles. The molecule has 1 atom stereocenters. The van der Waals surface area contributed by atoms with Gasteiger partial charge in [-0.25, -0.2) is 0 Å². The van der Waals surface area contributed by atoms with Crippen LogP contribution >= 0.6 is 34.2 Å². The van der Waals surface area contributed by atoms with Crippen LogP contribution in [0.25, 0.3) is 0 Å². The molecule has 21 heavy (non-hydrogen) atoms. The Morgan fingerprint density at radius 2 is 1.33 bits per heavy atom. The van der Waals surface area contributed by atoms with Gasteiger partial charge in [0.2, 0.25) is 0 Å². The van der Waals surface area contributed by atoms with E-state index in [-0.39, 0.29) is 5.38 Å². The van der Waals surface area contributed by atoms with Crippen molar-refractivity contribution in [2.45, 2.75) is 44.9 Å². The molecule has 0 saturated carbocycles. The first-order chi connectivity index (χ1) is 9.90. The lowest BCUT2D eigenvalue weighted by Crippen LogP contribution is -2.03. The lowest BCUT2D eigenvalue weighted by molar-refractivity contribution is 0.818. The number of rotatable bonds is 4. The fraction of sp³-hybridized carbons (Fsp3) is 0.368. The molecule has 0 bridgehead atoms. The van der Waals surface area contributed by atoms with Crippen LogP contribution in [0.2, 0.25) is 0 Å². The molecular formula is C19H22ClI. The highest BCUT2D eigenvalue weighted by molar-refractivity contribution is 14.1. The minimum absolute atomic E-state index is 0.0828. The smallest absolute Gasteiger partial charge is 0.0838 e. The maximum Gasteiger partial charge on any atom is 0.0838 e. The summed E-state index contributed by atoms with van der Waals surface area (Å²) >= 11 is 9.08. The Balaban J connectivity index is 2.44. The van der Waals surface area contributed by atoms with Gasteiger partial charge in [0.15, 0.2) is 0 Å². The molecule has 0 aromatic heterocycles. The van der Waals surface area contributed by atoms with Gasteiger partial charge in [0.1, 0.15) is 0 Å². The fourth-order valence-corrected chi connectivity index (χ4v) is 3.20. The van der Waals surface area contributed by atoms with Crippen LogP contribution in [-0.4, -0.2) is 0 Å². The summed E-state index contributed by atoms with van der Waals surface area (Å²) in [4.78, 5) is 0. The minimum Gasteiger partial charge on any atom is -0.113 e. The number of hydrogen-bond donors (Lipinski definition) is 0. The van der Waals surface area contributed by atoms with Crippen LogP contribution in [0.1, 0.15) is 67.2 Å². The van der Waals surface area contributed by atoms with Crippen LogP contribution in [-0.2, 0) is 0 Å². The average Bonchev–Trinajstić information content (AvgIpc) is 2.46. The molecular weight excluding hydrogens is 391 g/mol. The van der Waals surface area contributed by atoms with Crippen molar-refractivity contribution in [3.8, 4) is 0 Å². The van der Waals surface area contributed by atoms with Gasteiger partial charge in [-0.1, -0.05) is 58.0 Å². The molecule has 112 valence electrons. The SMILES string of the molecule is CC(C)c1ccc(C(Cl)c2ccc(I)cc2)c(C(C)C)c1. The van der Waals surface area contributed by atoms with Crippen molar-refractivity contribution in [1.29, 1.82) is 0 Å². The summed E-state index contributed by atoms with van der Waals surface area (Å²) in [6.45, 7) is 8.94. The Morgan fingerprint density at radius 3 is 1.86 bits per heavy atom. The molecule has 1 unspecified atom stereocenters. The molecule has 0 nitrogen and oxygen atoms in total. The molecule has 2 aromatic rings. The van der Waals surface area contributed by atoms with Gasteiger partial charge in [0.05, 0.1) is 5.38 Å². The third-order valence-electron chi connectivity index (χ3n) is 3.84. The van der Waals surface area contributed by atoms with Gasteiger partial charge in [-0.15, -0.1) is 11.6 Å². The zero-order valence-electron chi connectivity index (χ0n) is 13.0. The summed E-state index contributed by atoms with van der Waals surface area (Å²) < 4.78 is 1.24. The Hall–Kier alpha value is -0.540. The predicted octanol–water partition coefficient (Wildman–Crippen LogP) is 6.87. The summed E-state index contributed by atoms with van der Waals surface area (Å²) in [5, 5.41) is -0.0828. The number of hydrogen-bond acceptors (Lipinski definition) is 0. The summed E-state index contributed by atoms with van der Waals surface area (Å²) in [6.07, 6.45) is 0. The van der Waals surface area contributed by atoms with Gasteiger partial charge < -0.3 is 0 Å². The van der Waals surface area contributed by atoms with Crippen molar-refractivity contribution >= 4 is 34.2 Å². The third-order valence-corrected chi connectivity index (χ3v) is 5.04. The largest absolute Gasteiger partial charge is 0.113 e. The second-order valence-electron chi connectivity index (χ2n) is 6.11. The van der Waals surface area contributed by atoms with E-state index >= 15 is 0 Å². The van der Waals surface area contributed by atoms with Crippen LogP contribution in [0, 0.1) is 3.57 Å². The molecule has 0 N–H and O–H groups in total. The summed E-state index contributed by atoms with van der Waals surface area (Å²) in [6, 6.07) is 15.2. The lowest BCUT2D eigenvalue weighted by Gasteiger charge is -2.20. The van der Waals surface area contributed by atoms with Crippen molar-refractivity contribution in [3.05, 3.63) is 68.3 Å². The highest BCUT2D eigenvalue weighted by Gasteiger charge is 2.17. The van der Waals surface area contributed by atoms with E-state index in [1.165, 1.54) is 20.3 Å². The van der Waals surface area contributed by atoms with E-state index in [1.54, 1.807) is 0 Å². The molecule has 0 radical (unpaired) electrons. The Labute approximate surface area is 147 Å². The first-order valence-corrected chi connectivity index (χ1v) is 8.95. The Bertz CT molecular complexity index is 599. The maximum atomic E-state index is 6.76. The number of alkyl halides is 1. The first kappa shape index (κ1) is 16.8. The lowest BCUT2D eigenvalue weighted by atomic mass is 9.89. The van der Waals surface area contributed by atoms with E-state index in [0.29, 0.717) is 11.8 Å². The maximum absolute atomic E-state index is 6.76. The Morgan fingerprint density at radius 1 is 0.762 bits per heavy atom. The van der Waals surface area contributed by atoms with Gasteiger partial charge in [-0.05, 0) is 68.8 Å². The van der Waals surface area contributed by atoms with E-state index in [9.17, 15) is 0 Å². The molecule has 2 rings (SSSR count). The van der Waals surface area contributed by atoms with Crippen LogP contribution in [0.5, 0.6) is 0 Å². The molecule has 0 spiro atoms. The van der Waals surface area contributed by atoms with E-state index < -0.39 is 0 Å². The van der Waals surface area contributed by atoms with E-state index in [0.717, 1.165) is 5.56 Å². The van der Waals surface area contributed by atoms with Crippen LogP contribution < -0.4 is 0 Å². The second-order valence-corrected chi connectivity index (χ2v) is 7.79. The highest BCUT2D eigenvalue weighted by atomic mass is 127. The highest BCUT2D eigenvalue weighted by Crippen LogP contribution is 2.36. The van der Waals surface area contributed by atoms with Crippen LogP contribution in [0.15, 0.2) is 42.5 Å². The summed E-state index contributed by atoms with van der Waals surface area (Å²) in [5.74, 6) is 1.02. The van der Waals surface area contributed by atoms with E-state index in [2.05, 4.69) is 92.8 Å². The van der Waals surface area contributed by atoms with Crippen molar-refractivity contribution < 1.29 is 0 Å². The normalized spacial score (nSPS) is 13.0.